The van der Waals surface area contributed by atoms with Crippen LogP contribution in [0.2, 0.25) is 0 Å². The van der Waals surface area contributed by atoms with Crippen molar-refractivity contribution in [2.45, 2.75) is 58.3 Å². The Balaban J connectivity index is 2.02. The molecule has 1 atom stereocenters. The monoisotopic (exact) mass is 447 g/mol. The van der Waals surface area contributed by atoms with Crippen molar-refractivity contribution in [1.29, 1.82) is 0 Å². The third-order valence-electron chi connectivity index (χ3n) is 4.31. The van der Waals surface area contributed by atoms with E-state index in [0.29, 0.717) is 0 Å². The van der Waals surface area contributed by atoms with E-state index >= 15 is 0 Å². The van der Waals surface area contributed by atoms with Crippen LogP contribution in [0.15, 0.2) is 30.5 Å². The third-order valence-corrected chi connectivity index (χ3v) is 4.31. The van der Waals surface area contributed by atoms with Crippen LogP contribution in [0, 0.1) is 0 Å². The van der Waals surface area contributed by atoms with Crippen LogP contribution in [0.1, 0.15) is 40.2 Å². The molecule has 6 N–H and O–H groups in total. The number of H-pyrrole nitrogens is 1. The van der Waals surface area contributed by atoms with Crippen LogP contribution in [-0.4, -0.2) is 46.2 Å². The van der Waals surface area contributed by atoms with Crippen LogP contribution in [0.4, 0.5) is 9.59 Å². The molecule has 11 heteroatoms. The maximum absolute atomic E-state index is 12.6. The molecule has 0 saturated carbocycles. The number of para-hydroxylation sites is 1. The number of fused-ring (bicyclic) bond motifs is 1. The number of hydrogen-bond donors (Lipinski definition) is 5. The van der Waals surface area contributed by atoms with Crippen molar-refractivity contribution in [3.05, 3.63) is 36.0 Å². The van der Waals surface area contributed by atoms with Crippen molar-refractivity contribution < 1.29 is 28.7 Å². The first-order valence-corrected chi connectivity index (χ1v) is 9.91. The number of hydrazine groups is 1. The molecule has 1 aromatic heterocycles. The Labute approximate surface area is 185 Å². The van der Waals surface area contributed by atoms with Crippen molar-refractivity contribution in [2.24, 2.45) is 5.73 Å². The Morgan fingerprint density at radius 1 is 1.06 bits per heavy atom. The molecule has 0 fully saturated rings. The number of carbonyl (C=O) groups is 4. The Hall–Kier alpha value is -3.76. The minimum atomic E-state index is -1.41. The number of amides is 4. The number of hydrogen-bond acceptors (Lipinski definition) is 6. The zero-order chi connectivity index (χ0) is 24.1. The van der Waals surface area contributed by atoms with Gasteiger partial charge in [0.2, 0.25) is 0 Å². The number of nitrogens with one attached hydrogen (secondary N) is 4. The molecule has 1 aromatic carbocycles. The van der Waals surface area contributed by atoms with Gasteiger partial charge in [-0.15, -0.1) is 0 Å². The topological polar surface area (TPSA) is 165 Å². The molecule has 4 amide bonds. The van der Waals surface area contributed by atoms with Gasteiger partial charge < -0.3 is 25.5 Å². The van der Waals surface area contributed by atoms with E-state index < -0.39 is 41.2 Å². The van der Waals surface area contributed by atoms with Gasteiger partial charge in [0.15, 0.2) is 6.10 Å². The van der Waals surface area contributed by atoms with Crippen LogP contribution >= 0.6 is 0 Å². The van der Waals surface area contributed by atoms with Gasteiger partial charge in [-0.05, 0) is 46.2 Å². The van der Waals surface area contributed by atoms with Crippen LogP contribution < -0.4 is 21.9 Å². The van der Waals surface area contributed by atoms with Crippen molar-refractivity contribution in [2.75, 3.05) is 0 Å². The Morgan fingerprint density at radius 2 is 1.72 bits per heavy atom. The fourth-order valence-corrected chi connectivity index (χ4v) is 2.80. The molecule has 0 bridgehead atoms. The lowest BCUT2D eigenvalue weighted by atomic mass is 10.1. The summed E-state index contributed by atoms with van der Waals surface area (Å²) in [5.41, 5.74) is 8.94. The lowest BCUT2D eigenvalue weighted by molar-refractivity contribution is -0.136. The molecule has 32 heavy (non-hydrogen) atoms. The maximum atomic E-state index is 12.6. The molecule has 2 rings (SSSR count). The highest BCUT2D eigenvalue weighted by Crippen LogP contribution is 2.20. The second-order valence-electron chi connectivity index (χ2n) is 8.68. The van der Waals surface area contributed by atoms with Crippen LogP contribution in [0.25, 0.3) is 10.9 Å². The molecule has 1 heterocycles. The number of aromatic nitrogens is 1. The van der Waals surface area contributed by atoms with Crippen molar-refractivity contribution in [1.82, 2.24) is 21.2 Å². The van der Waals surface area contributed by atoms with Gasteiger partial charge in [0.05, 0.1) is 0 Å². The SMILES string of the molecule is CC(C)(C)OC(=O)NC(C)(C)C(=O)NNC(=O)[C@H](Cc1c[nH]c2ccccc12)OC(N)=O. The highest BCUT2D eigenvalue weighted by Gasteiger charge is 2.33. The summed E-state index contributed by atoms with van der Waals surface area (Å²) in [4.78, 5) is 51.4. The smallest absolute Gasteiger partial charge is 0.408 e. The van der Waals surface area contributed by atoms with Gasteiger partial charge in [0.1, 0.15) is 11.1 Å². The number of alkyl carbamates (subject to hydrolysis) is 1. The average molecular weight is 447 g/mol. The standard InChI is InChI=1S/C21H29N5O6/c1-20(2,3)32-19(30)24-21(4,5)17(28)26-25-16(27)15(31-18(22)29)10-12-11-23-14-9-7-6-8-13(12)14/h6-9,11,15,23H,10H2,1-5H3,(H2,22,29)(H,24,30)(H,25,27)(H,26,28)/t15-/m0/s1. The van der Waals surface area contributed by atoms with E-state index in [-0.39, 0.29) is 6.42 Å². The number of rotatable bonds is 6. The first-order valence-electron chi connectivity index (χ1n) is 9.91. The molecule has 0 unspecified atom stereocenters. The summed E-state index contributed by atoms with van der Waals surface area (Å²) in [5, 5.41) is 3.27. The predicted molar refractivity (Wildman–Crippen MR) is 116 cm³/mol. The normalized spacial score (nSPS) is 12.5. The fourth-order valence-electron chi connectivity index (χ4n) is 2.80. The van der Waals surface area contributed by atoms with E-state index in [1.165, 1.54) is 13.8 Å². The fraction of sp³-hybridized carbons (Fsp3) is 0.429. The summed E-state index contributed by atoms with van der Waals surface area (Å²) in [5.74, 6) is -1.52. The van der Waals surface area contributed by atoms with Crippen molar-refractivity contribution in [3.8, 4) is 0 Å². The van der Waals surface area contributed by atoms with Crippen molar-refractivity contribution >= 4 is 34.9 Å². The zero-order valence-electron chi connectivity index (χ0n) is 18.7. The van der Waals surface area contributed by atoms with E-state index in [0.717, 1.165) is 16.5 Å². The summed E-state index contributed by atoms with van der Waals surface area (Å²) >= 11 is 0. The van der Waals surface area contributed by atoms with Gasteiger partial charge >= 0.3 is 12.2 Å². The molecule has 0 aliphatic heterocycles. The number of benzene rings is 1. The first-order chi connectivity index (χ1) is 14.8. The van der Waals surface area contributed by atoms with Gasteiger partial charge in [-0.1, -0.05) is 18.2 Å². The molecular formula is C21H29N5O6. The molecule has 0 radical (unpaired) electrons. The Bertz CT molecular complexity index is 1010. The summed E-state index contributed by atoms with van der Waals surface area (Å²) in [6, 6.07) is 7.41. The Kier molecular flexibility index (Phi) is 7.34. The van der Waals surface area contributed by atoms with E-state index in [1.807, 2.05) is 24.3 Å². The predicted octanol–water partition coefficient (Wildman–Crippen LogP) is 1.63. The molecule has 0 aliphatic rings. The number of nitrogens with two attached hydrogens (primary N) is 1. The molecular weight excluding hydrogens is 418 g/mol. The number of carbonyl (C=O) groups excluding carboxylic acids is 4. The number of ether oxygens (including phenoxy) is 2. The quantitative estimate of drug-likeness (QED) is 0.422. The first kappa shape index (κ1) is 24.5. The molecule has 0 aliphatic carbocycles. The summed E-state index contributed by atoms with van der Waals surface area (Å²) in [6.45, 7) is 7.93. The number of aromatic amines is 1. The van der Waals surface area contributed by atoms with Gasteiger partial charge in [0.25, 0.3) is 11.8 Å². The largest absolute Gasteiger partial charge is 0.444 e. The second kappa shape index (κ2) is 9.58. The number of primary amides is 1. The molecule has 0 saturated heterocycles. The lowest BCUT2D eigenvalue weighted by Crippen LogP contribution is -2.60. The molecule has 11 nitrogen and oxygen atoms in total. The van der Waals surface area contributed by atoms with Gasteiger partial charge in [-0.2, -0.15) is 0 Å². The molecule has 174 valence electrons. The second-order valence-corrected chi connectivity index (χ2v) is 8.68. The third kappa shape index (κ3) is 6.89. The summed E-state index contributed by atoms with van der Waals surface area (Å²) in [6.07, 6.45) is -1.51. The molecule has 0 spiro atoms. The van der Waals surface area contributed by atoms with E-state index in [4.69, 9.17) is 15.2 Å². The maximum Gasteiger partial charge on any atom is 0.408 e. The van der Waals surface area contributed by atoms with E-state index in [9.17, 15) is 19.2 Å². The van der Waals surface area contributed by atoms with Crippen LogP contribution in [0.3, 0.4) is 0 Å². The summed E-state index contributed by atoms with van der Waals surface area (Å²) in [7, 11) is 0. The highest BCUT2D eigenvalue weighted by molar-refractivity contribution is 5.92. The van der Waals surface area contributed by atoms with Gasteiger partial charge in [0, 0.05) is 23.5 Å². The van der Waals surface area contributed by atoms with Crippen molar-refractivity contribution in [3.63, 3.8) is 0 Å². The minimum Gasteiger partial charge on any atom is -0.444 e. The van der Waals surface area contributed by atoms with Crippen LogP contribution in [0.5, 0.6) is 0 Å². The molecule has 2 aromatic rings. The van der Waals surface area contributed by atoms with E-state index in [1.54, 1.807) is 27.0 Å². The summed E-state index contributed by atoms with van der Waals surface area (Å²) < 4.78 is 10.1. The van der Waals surface area contributed by atoms with Crippen LogP contribution in [-0.2, 0) is 25.5 Å². The van der Waals surface area contributed by atoms with Gasteiger partial charge in [-0.25, -0.2) is 9.59 Å². The zero-order valence-corrected chi connectivity index (χ0v) is 18.7. The minimum absolute atomic E-state index is 0.0220. The Morgan fingerprint density at radius 3 is 2.34 bits per heavy atom. The van der Waals surface area contributed by atoms with Gasteiger partial charge in [-0.3, -0.25) is 20.4 Å². The lowest BCUT2D eigenvalue weighted by Gasteiger charge is -2.28. The average Bonchev–Trinajstić information content (AvgIpc) is 3.06. The highest BCUT2D eigenvalue weighted by atomic mass is 16.6. The van der Waals surface area contributed by atoms with E-state index in [2.05, 4.69) is 21.2 Å².